The minimum absolute atomic E-state index is 0.760. The number of nitrogens with zero attached hydrogens (tertiary/aromatic N) is 2. The number of aryl methyl sites for hydroxylation is 1. The van der Waals surface area contributed by atoms with Gasteiger partial charge >= 0.3 is 0 Å². The number of nitrogens with one attached hydrogen (secondary N) is 1. The highest BCUT2D eigenvalue weighted by molar-refractivity contribution is 7.71. The van der Waals surface area contributed by atoms with E-state index in [1.807, 2.05) is 36.0 Å². The minimum atomic E-state index is 0.760. The molecular formula is C14H13N3S2. The first-order chi connectivity index (χ1) is 9.34. The lowest BCUT2D eigenvalue weighted by Gasteiger charge is -2.07. The summed E-state index contributed by atoms with van der Waals surface area (Å²) in [7, 11) is 0. The van der Waals surface area contributed by atoms with Crippen LogP contribution in [0.4, 0.5) is 0 Å². The summed E-state index contributed by atoms with van der Waals surface area (Å²) in [5, 5.41) is 3.14. The molecular weight excluding hydrogens is 274 g/mol. The highest BCUT2D eigenvalue weighted by Gasteiger charge is 2.07. The highest BCUT2D eigenvalue weighted by atomic mass is 32.1. The second kappa shape index (κ2) is 5.50. The molecule has 5 heteroatoms. The molecule has 0 saturated carbocycles. The Balaban J connectivity index is 1.89. The van der Waals surface area contributed by atoms with Crippen molar-refractivity contribution >= 4 is 23.6 Å². The molecule has 0 amide bonds. The van der Waals surface area contributed by atoms with E-state index in [0.29, 0.717) is 0 Å². The molecule has 3 nitrogen and oxygen atoms in total. The zero-order chi connectivity index (χ0) is 13.1. The maximum Gasteiger partial charge on any atom is 0.177 e. The van der Waals surface area contributed by atoms with Crippen molar-refractivity contribution in [3.8, 4) is 11.3 Å². The molecule has 0 saturated heterocycles. The van der Waals surface area contributed by atoms with Gasteiger partial charge in [0.2, 0.25) is 0 Å². The third-order valence-electron chi connectivity index (χ3n) is 2.97. The van der Waals surface area contributed by atoms with Crippen LogP contribution in [0.25, 0.3) is 11.3 Å². The number of benzene rings is 1. The van der Waals surface area contributed by atoms with Crippen LogP contribution in [-0.2, 0) is 13.0 Å². The monoisotopic (exact) mass is 287 g/mol. The molecule has 1 aromatic carbocycles. The maximum atomic E-state index is 5.36. The molecule has 0 radical (unpaired) electrons. The van der Waals surface area contributed by atoms with Crippen molar-refractivity contribution in [3.63, 3.8) is 0 Å². The number of rotatable bonds is 4. The number of aromatic nitrogens is 3. The predicted molar refractivity (Wildman–Crippen MR) is 80.9 cm³/mol. The smallest absolute Gasteiger partial charge is 0.177 e. The molecule has 2 heterocycles. The van der Waals surface area contributed by atoms with Gasteiger partial charge in [0.1, 0.15) is 0 Å². The molecule has 0 unspecified atom stereocenters. The van der Waals surface area contributed by atoms with E-state index in [1.165, 1.54) is 5.56 Å². The number of thiazole rings is 1. The van der Waals surface area contributed by atoms with E-state index in [9.17, 15) is 0 Å². The zero-order valence-electron chi connectivity index (χ0n) is 10.2. The Labute approximate surface area is 120 Å². The number of H-pyrrole nitrogens is 1. The lowest BCUT2D eigenvalue weighted by molar-refractivity contribution is 0.690. The van der Waals surface area contributed by atoms with Gasteiger partial charge in [-0.05, 0) is 17.8 Å². The molecule has 0 spiro atoms. The van der Waals surface area contributed by atoms with Crippen molar-refractivity contribution in [1.82, 2.24) is 14.5 Å². The standard InChI is InChI=1S/C14H13N3S2/c18-14-16-10-12(11-4-2-1-3-5-11)17(14)8-6-13-15-7-9-19-13/h1-5,7,9-10H,6,8H2,(H,16,18). The minimum Gasteiger partial charge on any atom is -0.337 e. The summed E-state index contributed by atoms with van der Waals surface area (Å²) in [5.74, 6) is 0. The SMILES string of the molecule is S=c1[nH]cc(-c2ccccc2)n1CCc1nccs1. The molecule has 2 aromatic heterocycles. The quantitative estimate of drug-likeness (QED) is 0.738. The number of aromatic amines is 1. The molecule has 1 N–H and O–H groups in total. The molecule has 19 heavy (non-hydrogen) atoms. The molecule has 3 rings (SSSR count). The van der Waals surface area contributed by atoms with Gasteiger partial charge < -0.3 is 9.55 Å². The largest absolute Gasteiger partial charge is 0.337 e. The Morgan fingerprint density at radius 3 is 2.84 bits per heavy atom. The maximum absolute atomic E-state index is 5.36. The summed E-state index contributed by atoms with van der Waals surface area (Å²) >= 11 is 7.04. The van der Waals surface area contributed by atoms with Crippen LogP contribution in [0.5, 0.6) is 0 Å². The molecule has 0 aliphatic heterocycles. The van der Waals surface area contributed by atoms with Gasteiger partial charge in [0.15, 0.2) is 4.77 Å². The number of hydrogen-bond acceptors (Lipinski definition) is 3. The lowest BCUT2D eigenvalue weighted by Crippen LogP contribution is -2.03. The Hall–Kier alpha value is -1.72. The van der Waals surface area contributed by atoms with E-state index in [0.717, 1.165) is 28.4 Å². The van der Waals surface area contributed by atoms with Gasteiger partial charge in [-0.3, -0.25) is 0 Å². The summed E-state index contributed by atoms with van der Waals surface area (Å²) in [5.41, 5.74) is 2.30. The summed E-state index contributed by atoms with van der Waals surface area (Å²) in [4.78, 5) is 7.44. The molecule has 0 fully saturated rings. The summed E-state index contributed by atoms with van der Waals surface area (Å²) in [6.07, 6.45) is 4.72. The Morgan fingerprint density at radius 2 is 2.11 bits per heavy atom. The van der Waals surface area contributed by atoms with Crippen LogP contribution in [0.2, 0.25) is 0 Å². The van der Waals surface area contributed by atoms with Crippen LogP contribution >= 0.6 is 23.6 Å². The van der Waals surface area contributed by atoms with Crippen molar-refractivity contribution in [2.75, 3.05) is 0 Å². The Bertz CT molecular complexity index is 696. The molecule has 0 aliphatic carbocycles. The van der Waals surface area contributed by atoms with Crippen molar-refractivity contribution < 1.29 is 0 Å². The lowest BCUT2D eigenvalue weighted by atomic mass is 10.2. The van der Waals surface area contributed by atoms with E-state index in [2.05, 4.69) is 26.7 Å². The van der Waals surface area contributed by atoms with Crippen molar-refractivity contribution in [2.24, 2.45) is 0 Å². The van der Waals surface area contributed by atoms with Crippen LogP contribution in [0.3, 0.4) is 0 Å². The van der Waals surface area contributed by atoms with Crippen LogP contribution in [0.15, 0.2) is 48.1 Å². The average Bonchev–Trinajstić information content (AvgIpc) is 3.07. The first-order valence-corrected chi connectivity index (χ1v) is 7.35. The van der Waals surface area contributed by atoms with E-state index in [1.54, 1.807) is 11.3 Å². The first kappa shape index (κ1) is 12.3. The van der Waals surface area contributed by atoms with Gasteiger partial charge in [0.25, 0.3) is 0 Å². The van der Waals surface area contributed by atoms with Gasteiger partial charge in [-0.15, -0.1) is 11.3 Å². The molecule has 96 valence electrons. The summed E-state index contributed by atoms with van der Waals surface area (Å²) in [6.45, 7) is 0.847. The third-order valence-corrected chi connectivity index (χ3v) is 4.15. The van der Waals surface area contributed by atoms with E-state index < -0.39 is 0 Å². The van der Waals surface area contributed by atoms with Crippen LogP contribution in [0.1, 0.15) is 5.01 Å². The zero-order valence-corrected chi connectivity index (χ0v) is 11.9. The van der Waals surface area contributed by atoms with E-state index >= 15 is 0 Å². The third kappa shape index (κ3) is 2.67. The van der Waals surface area contributed by atoms with Crippen LogP contribution in [-0.4, -0.2) is 14.5 Å². The van der Waals surface area contributed by atoms with Gasteiger partial charge in [-0.1, -0.05) is 30.3 Å². The fourth-order valence-electron chi connectivity index (χ4n) is 2.05. The number of imidazole rings is 1. The fourth-order valence-corrected chi connectivity index (χ4v) is 2.91. The van der Waals surface area contributed by atoms with Gasteiger partial charge in [-0.25, -0.2) is 4.98 Å². The molecule has 0 bridgehead atoms. The molecule has 0 atom stereocenters. The van der Waals surface area contributed by atoms with Crippen molar-refractivity contribution in [3.05, 3.63) is 57.9 Å². The molecule has 3 aromatic rings. The topological polar surface area (TPSA) is 33.6 Å². The average molecular weight is 287 g/mol. The van der Waals surface area contributed by atoms with Gasteiger partial charge in [-0.2, -0.15) is 0 Å². The fraction of sp³-hybridized carbons (Fsp3) is 0.143. The summed E-state index contributed by atoms with van der Waals surface area (Å²) < 4.78 is 2.89. The second-order valence-electron chi connectivity index (χ2n) is 4.17. The molecule has 0 aliphatic rings. The van der Waals surface area contributed by atoms with Gasteiger partial charge in [0.05, 0.1) is 10.7 Å². The summed E-state index contributed by atoms with van der Waals surface area (Å²) in [6, 6.07) is 10.3. The van der Waals surface area contributed by atoms with E-state index in [4.69, 9.17) is 12.2 Å². The Morgan fingerprint density at radius 1 is 1.26 bits per heavy atom. The Kier molecular flexibility index (Phi) is 3.57. The predicted octanol–water partition coefficient (Wildman–Crippen LogP) is 3.91. The van der Waals surface area contributed by atoms with Gasteiger partial charge in [0, 0.05) is 30.7 Å². The van der Waals surface area contributed by atoms with E-state index in [-0.39, 0.29) is 0 Å². The first-order valence-electron chi connectivity index (χ1n) is 6.06. The van der Waals surface area contributed by atoms with Crippen molar-refractivity contribution in [2.45, 2.75) is 13.0 Å². The highest BCUT2D eigenvalue weighted by Crippen LogP contribution is 2.20. The van der Waals surface area contributed by atoms with Crippen LogP contribution < -0.4 is 0 Å². The second-order valence-corrected chi connectivity index (χ2v) is 5.54. The number of hydrogen-bond donors (Lipinski definition) is 1. The normalized spacial score (nSPS) is 10.7. The van der Waals surface area contributed by atoms with Crippen LogP contribution in [0, 0.1) is 4.77 Å². The van der Waals surface area contributed by atoms with Crippen molar-refractivity contribution in [1.29, 1.82) is 0 Å².